The normalized spacial score (nSPS) is 12.2. The lowest BCUT2D eigenvalue weighted by atomic mass is 10.1. The van der Waals surface area contributed by atoms with Gasteiger partial charge in [-0.1, -0.05) is 30.3 Å². The predicted octanol–water partition coefficient (Wildman–Crippen LogP) is 4.51. The highest BCUT2D eigenvalue weighted by molar-refractivity contribution is 6.04. The molecule has 0 atom stereocenters. The average Bonchev–Trinajstić information content (AvgIpc) is 3.10. The summed E-state index contributed by atoms with van der Waals surface area (Å²) in [5, 5.41) is 18.4. The van der Waals surface area contributed by atoms with Crippen LogP contribution in [-0.4, -0.2) is 26.5 Å². The number of benzene rings is 3. The van der Waals surface area contributed by atoms with Crippen molar-refractivity contribution < 1.29 is 23.1 Å². The minimum atomic E-state index is -4.56. The van der Waals surface area contributed by atoms with Crippen molar-refractivity contribution in [2.75, 3.05) is 0 Å². The van der Waals surface area contributed by atoms with Crippen molar-refractivity contribution in [2.24, 2.45) is 5.10 Å². The minimum Gasteiger partial charge on any atom is -0.507 e. The number of aromatic nitrogens is 2. The maximum atomic E-state index is 13.1. The number of hydrogen-bond donors (Lipinski definition) is 3. The van der Waals surface area contributed by atoms with Crippen molar-refractivity contribution in [3.8, 4) is 11.4 Å². The summed E-state index contributed by atoms with van der Waals surface area (Å²) in [6.07, 6.45) is -4.56. The number of H-pyrrole nitrogens is 1. The number of fused-ring (bicyclic) bond motifs is 1. The van der Waals surface area contributed by atoms with Crippen LogP contribution in [0.1, 0.15) is 34.1 Å². The molecule has 174 valence electrons. The molecule has 0 spiro atoms. The van der Waals surface area contributed by atoms with Crippen LogP contribution < -0.4 is 11.0 Å². The van der Waals surface area contributed by atoms with Gasteiger partial charge in [-0.3, -0.25) is 14.7 Å². The molecule has 0 unspecified atom stereocenters. The Morgan fingerprint density at radius 2 is 1.74 bits per heavy atom. The molecule has 1 aromatic heterocycles. The molecule has 0 aliphatic carbocycles. The summed E-state index contributed by atoms with van der Waals surface area (Å²) in [4.78, 5) is 25.5. The summed E-state index contributed by atoms with van der Waals surface area (Å²) in [6.45, 7) is 3.05. The number of hydrogen-bond acceptors (Lipinski definition) is 4. The molecule has 3 N–H and O–H groups in total. The van der Waals surface area contributed by atoms with E-state index in [0.29, 0.717) is 5.69 Å². The predicted molar refractivity (Wildman–Crippen MR) is 121 cm³/mol. The van der Waals surface area contributed by atoms with Crippen LogP contribution in [0.5, 0.6) is 5.75 Å². The molecule has 0 bridgehead atoms. The van der Waals surface area contributed by atoms with Gasteiger partial charge in [0.05, 0.1) is 28.1 Å². The number of aromatic hydroxyl groups is 1. The van der Waals surface area contributed by atoms with Gasteiger partial charge in [0.2, 0.25) is 0 Å². The number of aryl methyl sites for hydroxylation is 1. The summed E-state index contributed by atoms with van der Waals surface area (Å²) in [7, 11) is 0. The first-order valence-corrected chi connectivity index (χ1v) is 10.1. The van der Waals surface area contributed by atoms with Crippen LogP contribution in [0.3, 0.4) is 0 Å². The van der Waals surface area contributed by atoms with Gasteiger partial charge in [0.25, 0.3) is 11.5 Å². The van der Waals surface area contributed by atoms with Gasteiger partial charge in [-0.2, -0.15) is 18.3 Å². The fourth-order valence-corrected chi connectivity index (χ4v) is 3.64. The number of phenolic OH excluding ortho intramolecular Hbond substituents is 1. The third-order valence-corrected chi connectivity index (χ3v) is 5.30. The number of nitrogens with one attached hydrogen (secondary N) is 2. The second-order valence-corrected chi connectivity index (χ2v) is 7.66. The maximum absolute atomic E-state index is 13.1. The molecule has 1 amide bonds. The zero-order valence-corrected chi connectivity index (χ0v) is 18.1. The molecule has 1 heterocycles. The number of rotatable bonds is 4. The molecule has 34 heavy (non-hydrogen) atoms. The molecule has 4 aromatic rings. The second-order valence-electron chi connectivity index (χ2n) is 7.66. The molecule has 0 saturated heterocycles. The van der Waals surface area contributed by atoms with Gasteiger partial charge >= 0.3 is 6.18 Å². The summed E-state index contributed by atoms with van der Waals surface area (Å²) in [5.41, 5.74) is 1.40. The molecule has 0 radical (unpaired) electrons. The quantitative estimate of drug-likeness (QED) is 0.304. The number of halogens is 3. The Kier molecular flexibility index (Phi) is 5.74. The van der Waals surface area contributed by atoms with Gasteiger partial charge < -0.3 is 5.11 Å². The molecule has 10 heteroatoms. The smallest absolute Gasteiger partial charge is 0.416 e. The van der Waals surface area contributed by atoms with Crippen LogP contribution in [0, 0.1) is 6.92 Å². The van der Waals surface area contributed by atoms with Crippen molar-refractivity contribution in [1.29, 1.82) is 0 Å². The van der Waals surface area contributed by atoms with Gasteiger partial charge in [0.1, 0.15) is 5.75 Å². The SMILES string of the molecule is CC(=NNC(=O)c1cc2ccccc2cc1O)c1c(C)[nH]n(-c2cccc(C(F)(F)F)c2)c1=O. The van der Waals surface area contributed by atoms with Crippen molar-refractivity contribution in [1.82, 2.24) is 15.2 Å². The number of phenols is 1. The number of nitrogens with zero attached hydrogens (tertiary/aromatic N) is 2. The molecule has 0 aliphatic rings. The van der Waals surface area contributed by atoms with Gasteiger partial charge in [0, 0.05) is 5.69 Å². The molecule has 0 fully saturated rings. The van der Waals surface area contributed by atoms with E-state index in [2.05, 4.69) is 15.6 Å². The van der Waals surface area contributed by atoms with Crippen molar-refractivity contribution in [3.05, 3.63) is 93.4 Å². The van der Waals surface area contributed by atoms with E-state index in [1.807, 2.05) is 0 Å². The van der Waals surface area contributed by atoms with Crippen LogP contribution in [0.15, 0.2) is 70.6 Å². The van der Waals surface area contributed by atoms with Crippen molar-refractivity contribution in [2.45, 2.75) is 20.0 Å². The van der Waals surface area contributed by atoms with E-state index >= 15 is 0 Å². The topological polar surface area (TPSA) is 99.5 Å². The van der Waals surface area contributed by atoms with Crippen LogP contribution in [0.4, 0.5) is 13.2 Å². The second kappa shape index (κ2) is 8.54. The number of aromatic amines is 1. The summed E-state index contributed by atoms with van der Waals surface area (Å²) in [6, 6.07) is 14.5. The number of carbonyl (C=O) groups is 1. The van der Waals surface area contributed by atoms with Crippen LogP contribution in [0.25, 0.3) is 16.5 Å². The highest BCUT2D eigenvalue weighted by Gasteiger charge is 2.31. The number of alkyl halides is 3. The van der Waals surface area contributed by atoms with Gasteiger partial charge in [-0.25, -0.2) is 10.1 Å². The Hall–Kier alpha value is -4.34. The largest absolute Gasteiger partial charge is 0.507 e. The average molecular weight is 468 g/mol. The van der Waals surface area contributed by atoms with E-state index in [4.69, 9.17) is 0 Å². The summed E-state index contributed by atoms with van der Waals surface area (Å²) >= 11 is 0. The Morgan fingerprint density at radius 1 is 1.06 bits per heavy atom. The van der Waals surface area contributed by atoms with E-state index < -0.39 is 23.2 Å². The minimum absolute atomic E-state index is 0.00224. The number of hydrazone groups is 1. The summed E-state index contributed by atoms with van der Waals surface area (Å²) < 4.78 is 40.1. The van der Waals surface area contributed by atoms with Crippen molar-refractivity contribution in [3.63, 3.8) is 0 Å². The fraction of sp³-hybridized carbons (Fsp3) is 0.125. The molecular weight excluding hydrogens is 449 g/mol. The van der Waals surface area contributed by atoms with Crippen LogP contribution in [-0.2, 0) is 6.18 Å². The Morgan fingerprint density at radius 3 is 2.41 bits per heavy atom. The van der Waals surface area contributed by atoms with Gasteiger partial charge in [-0.05, 0) is 55.0 Å². The standard InChI is InChI=1S/C24H19F3N4O3/c1-13(28-29-22(33)19-10-15-6-3-4-7-16(15)11-20(19)32)21-14(2)30-31(23(21)34)18-9-5-8-17(12-18)24(25,26)27/h3-12,30,32H,1-2H3,(H,29,33). The van der Waals surface area contributed by atoms with E-state index in [0.717, 1.165) is 27.6 Å². The first-order chi connectivity index (χ1) is 16.1. The lowest BCUT2D eigenvalue weighted by Crippen LogP contribution is -2.23. The zero-order valence-electron chi connectivity index (χ0n) is 18.1. The first kappa shape index (κ1) is 22.8. The number of amides is 1. The Balaban J connectivity index is 1.63. The highest BCUT2D eigenvalue weighted by atomic mass is 19.4. The van der Waals surface area contributed by atoms with Gasteiger partial charge in [0.15, 0.2) is 0 Å². The van der Waals surface area contributed by atoms with E-state index in [1.54, 1.807) is 31.2 Å². The molecule has 0 saturated carbocycles. The van der Waals surface area contributed by atoms with E-state index in [9.17, 15) is 27.9 Å². The fourth-order valence-electron chi connectivity index (χ4n) is 3.64. The maximum Gasteiger partial charge on any atom is 0.416 e. The third kappa shape index (κ3) is 4.29. The monoisotopic (exact) mass is 468 g/mol. The highest BCUT2D eigenvalue weighted by Crippen LogP contribution is 2.30. The molecule has 0 aliphatic heterocycles. The van der Waals surface area contributed by atoms with E-state index in [1.165, 1.54) is 31.2 Å². The van der Waals surface area contributed by atoms with Crippen LogP contribution in [0.2, 0.25) is 0 Å². The molecule has 4 rings (SSSR count). The first-order valence-electron chi connectivity index (χ1n) is 10.1. The van der Waals surface area contributed by atoms with Crippen molar-refractivity contribution >= 4 is 22.4 Å². The Bertz CT molecular complexity index is 1500. The molecular formula is C24H19F3N4O3. The molecule has 7 nitrogen and oxygen atoms in total. The third-order valence-electron chi connectivity index (χ3n) is 5.30. The zero-order chi connectivity index (χ0) is 24.6. The van der Waals surface area contributed by atoms with E-state index in [-0.39, 0.29) is 28.3 Å². The van der Waals surface area contributed by atoms with Crippen LogP contribution >= 0.6 is 0 Å². The summed E-state index contributed by atoms with van der Waals surface area (Å²) in [5.74, 6) is -0.914. The number of carbonyl (C=O) groups excluding carboxylic acids is 1. The Labute approximate surface area is 191 Å². The lowest BCUT2D eigenvalue weighted by molar-refractivity contribution is -0.137. The van der Waals surface area contributed by atoms with Gasteiger partial charge in [-0.15, -0.1) is 0 Å². The molecule has 3 aromatic carbocycles. The lowest BCUT2D eigenvalue weighted by Gasteiger charge is -2.08.